The average molecular weight is 490 g/mol. The first-order valence-corrected chi connectivity index (χ1v) is 11.0. The molecule has 3 N–H and O–H groups in total. The standard InChI is InChI=1S/C23H22Cl2FN5O2/c24-18-4-1-6-20(22(18)25)33-13-3-7-21(32)29-12-2-5-19-17(14-27)23(28)31(30-19)16-10-8-15(26)9-11-16/h1,4,6,8-11H,2-3,5,7,12-13,28H2,(H,29,32). The Balaban J connectivity index is 1.42. The van der Waals surface area contributed by atoms with E-state index in [4.69, 9.17) is 33.7 Å². The molecule has 1 heterocycles. The number of halogens is 3. The molecular weight excluding hydrogens is 468 g/mol. The monoisotopic (exact) mass is 489 g/mol. The Morgan fingerprint density at radius 2 is 1.97 bits per heavy atom. The van der Waals surface area contributed by atoms with Crippen molar-refractivity contribution in [3.63, 3.8) is 0 Å². The number of anilines is 1. The van der Waals surface area contributed by atoms with E-state index >= 15 is 0 Å². The number of carbonyl (C=O) groups excluding carboxylic acids is 1. The van der Waals surface area contributed by atoms with Gasteiger partial charge in [-0.05, 0) is 55.7 Å². The third-order valence-electron chi connectivity index (χ3n) is 4.81. The van der Waals surface area contributed by atoms with Gasteiger partial charge in [0.25, 0.3) is 0 Å². The third-order valence-corrected chi connectivity index (χ3v) is 5.61. The number of aromatic nitrogens is 2. The molecule has 0 fully saturated rings. The van der Waals surface area contributed by atoms with Gasteiger partial charge >= 0.3 is 0 Å². The highest BCUT2D eigenvalue weighted by molar-refractivity contribution is 6.42. The van der Waals surface area contributed by atoms with Gasteiger partial charge in [0, 0.05) is 13.0 Å². The highest BCUT2D eigenvalue weighted by Crippen LogP contribution is 2.31. The summed E-state index contributed by atoms with van der Waals surface area (Å²) in [5.74, 6) is 0.202. The van der Waals surface area contributed by atoms with Gasteiger partial charge in [-0.3, -0.25) is 4.79 Å². The lowest BCUT2D eigenvalue weighted by Crippen LogP contribution is -2.25. The first-order valence-electron chi connectivity index (χ1n) is 10.3. The summed E-state index contributed by atoms with van der Waals surface area (Å²) in [6.07, 6.45) is 1.85. The quantitative estimate of drug-likeness (QED) is 0.402. The Labute approximate surface area is 200 Å². The van der Waals surface area contributed by atoms with Crippen molar-refractivity contribution >= 4 is 34.9 Å². The lowest BCUT2D eigenvalue weighted by Gasteiger charge is -2.09. The zero-order chi connectivity index (χ0) is 23.8. The number of nitrogens with one attached hydrogen (secondary N) is 1. The summed E-state index contributed by atoms with van der Waals surface area (Å²) in [5.41, 5.74) is 7.42. The molecule has 1 amide bonds. The maximum atomic E-state index is 13.2. The van der Waals surface area contributed by atoms with Crippen molar-refractivity contribution in [1.29, 1.82) is 5.26 Å². The Morgan fingerprint density at radius 1 is 1.21 bits per heavy atom. The van der Waals surface area contributed by atoms with Gasteiger partial charge in [0.05, 0.1) is 23.0 Å². The highest BCUT2D eigenvalue weighted by atomic mass is 35.5. The molecule has 172 valence electrons. The topological polar surface area (TPSA) is 106 Å². The van der Waals surface area contributed by atoms with Gasteiger partial charge in [0.15, 0.2) is 0 Å². The molecule has 0 atom stereocenters. The van der Waals surface area contributed by atoms with E-state index in [9.17, 15) is 14.4 Å². The fourth-order valence-corrected chi connectivity index (χ4v) is 3.48. The summed E-state index contributed by atoms with van der Waals surface area (Å²) < 4.78 is 20.1. The van der Waals surface area contributed by atoms with Crippen LogP contribution in [0.15, 0.2) is 42.5 Å². The van der Waals surface area contributed by atoms with Crippen molar-refractivity contribution in [1.82, 2.24) is 15.1 Å². The van der Waals surface area contributed by atoms with E-state index in [-0.39, 0.29) is 23.1 Å². The van der Waals surface area contributed by atoms with E-state index in [1.807, 2.05) is 0 Å². The molecule has 10 heteroatoms. The van der Waals surface area contributed by atoms with E-state index in [2.05, 4.69) is 16.5 Å². The number of nitrogen functional groups attached to an aromatic ring is 1. The number of hydrogen-bond acceptors (Lipinski definition) is 5. The first kappa shape index (κ1) is 24.4. The number of nitrogens with zero attached hydrogens (tertiary/aromatic N) is 3. The average Bonchev–Trinajstić information content (AvgIpc) is 3.12. The first-order chi connectivity index (χ1) is 15.9. The summed E-state index contributed by atoms with van der Waals surface area (Å²) in [6, 6.07) is 12.9. The zero-order valence-electron chi connectivity index (χ0n) is 17.7. The largest absolute Gasteiger partial charge is 0.492 e. The molecule has 3 aromatic rings. The molecule has 0 spiro atoms. The van der Waals surface area contributed by atoms with Gasteiger partial charge < -0.3 is 15.8 Å². The van der Waals surface area contributed by atoms with Crippen LogP contribution in [0.3, 0.4) is 0 Å². The predicted octanol–water partition coefficient (Wildman–Crippen LogP) is 4.68. The van der Waals surface area contributed by atoms with Gasteiger partial charge in [-0.25, -0.2) is 9.07 Å². The number of ether oxygens (including phenoxy) is 1. The van der Waals surface area contributed by atoms with Crippen LogP contribution in [0.25, 0.3) is 5.69 Å². The number of rotatable bonds is 10. The molecule has 0 aliphatic heterocycles. The molecule has 1 aromatic heterocycles. The lowest BCUT2D eigenvalue weighted by atomic mass is 10.1. The Morgan fingerprint density at radius 3 is 2.70 bits per heavy atom. The van der Waals surface area contributed by atoms with Gasteiger partial charge in [0.2, 0.25) is 5.91 Å². The van der Waals surface area contributed by atoms with E-state index in [1.165, 1.54) is 28.9 Å². The third kappa shape index (κ3) is 6.37. The normalized spacial score (nSPS) is 10.6. The van der Waals surface area contributed by atoms with Crippen molar-refractivity contribution in [2.75, 3.05) is 18.9 Å². The van der Waals surface area contributed by atoms with Gasteiger partial charge in [-0.15, -0.1) is 0 Å². The maximum Gasteiger partial charge on any atom is 0.220 e. The maximum absolute atomic E-state index is 13.2. The second kappa shape index (κ2) is 11.5. The van der Waals surface area contributed by atoms with Gasteiger partial charge in [-0.2, -0.15) is 10.4 Å². The SMILES string of the molecule is N#Cc1c(CCCNC(=O)CCCOc2cccc(Cl)c2Cl)nn(-c2ccc(F)cc2)c1N. The predicted molar refractivity (Wildman–Crippen MR) is 125 cm³/mol. The van der Waals surface area contributed by atoms with E-state index in [0.717, 1.165) is 0 Å². The number of nitriles is 1. The second-order valence-corrected chi connectivity index (χ2v) is 7.95. The number of hydrogen-bond donors (Lipinski definition) is 2. The minimum absolute atomic E-state index is 0.104. The van der Waals surface area contributed by atoms with Crippen molar-refractivity contribution < 1.29 is 13.9 Å². The molecule has 0 radical (unpaired) electrons. The van der Waals surface area contributed by atoms with E-state index in [0.29, 0.717) is 66.0 Å². The number of carbonyl (C=O) groups is 1. The van der Waals surface area contributed by atoms with Crippen LogP contribution in [0.4, 0.5) is 10.2 Å². The molecule has 0 saturated carbocycles. The van der Waals surface area contributed by atoms with Crippen LogP contribution < -0.4 is 15.8 Å². The summed E-state index contributed by atoms with van der Waals surface area (Å²) in [5, 5.41) is 17.4. The van der Waals surface area contributed by atoms with Crippen LogP contribution in [0.2, 0.25) is 10.0 Å². The molecular formula is C23H22Cl2FN5O2. The molecule has 33 heavy (non-hydrogen) atoms. The highest BCUT2D eigenvalue weighted by Gasteiger charge is 2.16. The molecule has 0 aliphatic rings. The van der Waals surface area contributed by atoms with Crippen LogP contribution in [0.1, 0.15) is 30.5 Å². The molecule has 0 unspecified atom stereocenters. The van der Waals surface area contributed by atoms with Crippen LogP contribution >= 0.6 is 23.2 Å². The Kier molecular flexibility index (Phi) is 8.52. The van der Waals surface area contributed by atoms with Crippen molar-refractivity contribution in [2.24, 2.45) is 0 Å². The molecule has 7 nitrogen and oxygen atoms in total. The Bertz CT molecular complexity index is 1160. The van der Waals surface area contributed by atoms with Crippen molar-refractivity contribution in [3.05, 3.63) is 69.6 Å². The summed E-state index contributed by atoms with van der Waals surface area (Å²) in [4.78, 5) is 12.0. The molecule has 2 aromatic carbocycles. The molecule has 0 bridgehead atoms. The van der Waals surface area contributed by atoms with Crippen molar-refractivity contribution in [2.45, 2.75) is 25.7 Å². The van der Waals surface area contributed by atoms with Gasteiger partial charge in [0.1, 0.15) is 34.0 Å². The van der Waals surface area contributed by atoms with E-state index in [1.54, 1.807) is 18.2 Å². The minimum Gasteiger partial charge on any atom is -0.492 e. The van der Waals surface area contributed by atoms with Crippen LogP contribution in [-0.2, 0) is 11.2 Å². The summed E-state index contributed by atoms with van der Waals surface area (Å²) >= 11 is 12.0. The van der Waals surface area contributed by atoms with E-state index < -0.39 is 0 Å². The summed E-state index contributed by atoms with van der Waals surface area (Å²) in [6.45, 7) is 0.757. The fraction of sp³-hybridized carbons (Fsp3) is 0.261. The number of benzene rings is 2. The zero-order valence-corrected chi connectivity index (χ0v) is 19.2. The lowest BCUT2D eigenvalue weighted by molar-refractivity contribution is -0.121. The van der Waals surface area contributed by atoms with Gasteiger partial charge in [-0.1, -0.05) is 29.3 Å². The van der Waals surface area contributed by atoms with Crippen molar-refractivity contribution in [3.8, 4) is 17.5 Å². The van der Waals surface area contributed by atoms with Crippen LogP contribution in [-0.4, -0.2) is 28.8 Å². The summed E-state index contributed by atoms with van der Waals surface area (Å²) in [7, 11) is 0. The fourth-order valence-electron chi connectivity index (χ4n) is 3.14. The number of nitrogens with two attached hydrogens (primary N) is 1. The van der Waals surface area contributed by atoms with Crippen LogP contribution in [0.5, 0.6) is 5.75 Å². The smallest absolute Gasteiger partial charge is 0.220 e. The molecule has 3 rings (SSSR count). The second-order valence-electron chi connectivity index (χ2n) is 7.16. The minimum atomic E-state index is -0.374. The number of amides is 1. The Hall–Kier alpha value is -3.28. The molecule has 0 aliphatic carbocycles. The number of aryl methyl sites for hydroxylation is 1. The van der Waals surface area contributed by atoms with Crippen LogP contribution in [0, 0.1) is 17.1 Å². The molecule has 0 saturated heterocycles.